The lowest BCUT2D eigenvalue weighted by Crippen LogP contribution is -2.44. The minimum absolute atomic E-state index is 0.0986. The molecular formula is C14H15FN2O2. The Morgan fingerprint density at radius 1 is 1.11 bits per heavy atom. The van der Waals surface area contributed by atoms with Crippen molar-refractivity contribution in [2.75, 3.05) is 0 Å². The van der Waals surface area contributed by atoms with Crippen molar-refractivity contribution in [1.82, 2.24) is 10.9 Å². The number of allylic oxidation sites excluding steroid dienone is 2. The molecule has 19 heavy (non-hydrogen) atoms. The molecule has 0 aromatic heterocycles. The molecule has 2 rings (SSSR count). The van der Waals surface area contributed by atoms with E-state index < -0.39 is 11.7 Å². The molecule has 0 saturated heterocycles. The number of halogens is 1. The highest BCUT2D eigenvalue weighted by Gasteiger charge is 2.19. The van der Waals surface area contributed by atoms with Crippen molar-refractivity contribution >= 4 is 11.8 Å². The van der Waals surface area contributed by atoms with Crippen LogP contribution >= 0.6 is 0 Å². The molecule has 4 nitrogen and oxygen atoms in total. The van der Waals surface area contributed by atoms with Crippen molar-refractivity contribution in [3.63, 3.8) is 0 Å². The van der Waals surface area contributed by atoms with E-state index in [1.807, 2.05) is 12.2 Å². The molecule has 0 fully saturated rings. The van der Waals surface area contributed by atoms with Gasteiger partial charge in [-0.15, -0.1) is 0 Å². The number of rotatable bonds is 2. The van der Waals surface area contributed by atoms with E-state index in [2.05, 4.69) is 10.9 Å². The van der Waals surface area contributed by atoms with Gasteiger partial charge in [-0.3, -0.25) is 20.4 Å². The number of nitrogens with one attached hydrogen (secondary N) is 2. The van der Waals surface area contributed by atoms with Crippen LogP contribution < -0.4 is 10.9 Å². The Bertz CT molecular complexity index is 497. The number of carbonyl (C=O) groups excluding carboxylic acids is 2. The zero-order chi connectivity index (χ0) is 13.7. The van der Waals surface area contributed by atoms with Gasteiger partial charge in [0.1, 0.15) is 5.82 Å². The molecule has 0 saturated carbocycles. The van der Waals surface area contributed by atoms with Crippen molar-refractivity contribution in [3.8, 4) is 0 Å². The second-order valence-corrected chi connectivity index (χ2v) is 4.43. The fourth-order valence-electron chi connectivity index (χ4n) is 1.93. The first kappa shape index (κ1) is 13.3. The molecule has 0 aliphatic heterocycles. The van der Waals surface area contributed by atoms with Crippen LogP contribution in [0.25, 0.3) is 0 Å². The minimum atomic E-state index is -0.459. The SMILES string of the molecule is O=C(NNC(=O)[C@@H]1CC=CCC1)c1ccc(F)cc1. The second kappa shape index (κ2) is 6.13. The molecular weight excluding hydrogens is 247 g/mol. The standard InChI is InChI=1S/C14H15FN2O2/c15-12-8-6-11(7-9-12)14(19)17-16-13(18)10-4-2-1-3-5-10/h1-2,6-10H,3-5H2,(H,16,18)(H,17,19)/t10-/m1/s1. The summed E-state index contributed by atoms with van der Waals surface area (Å²) < 4.78 is 12.7. The summed E-state index contributed by atoms with van der Waals surface area (Å²) in [6.45, 7) is 0. The van der Waals surface area contributed by atoms with E-state index in [4.69, 9.17) is 0 Å². The number of hydrogen-bond donors (Lipinski definition) is 2. The first-order valence-corrected chi connectivity index (χ1v) is 6.17. The van der Waals surface area contributed by atoms with Crippen LogP contribution in [0.4, 0.5) is 4.39 Å². The molecule has 1 aliphatic carbocycles. The predicted octanol–water partition coefficient (Wildman–Crippen LogP) is 1.94. The Kier molecular flexibility index (Phi) is 4.28. The van der Waals surface area contributed by atoms with Crippen LogP contribution in [0.15, 0.2) is 36.4 Å². The summed E-state index contributed by atoms with van der Waals surface area (Å²) in [6.07, 6.45) is 6.37. The third-order valence-corrected chi connectivity index (χ3v) is 3.05. The summed E-state index contributed by atoms with van der Waals surface area (Å²) in [6, 6.07) is 5.12. The van der Waals surface area contributed by atoms with Crippen molar-refractivity contribution in [2.24, 2.45) is 5.92 Å². The van der Waals surface area contributed by atoms with E-state index in [1.54, 1.807) is 0 Å². The van der Waals surface area contributed by atoms with E-state index in [0.717, 1.165) is 12.8 Å². The average Bonchev–Trinajstić information content (AvgIpc) is 2.46. The van der Waals surface area contributed by atoms with Gasteiger partial charge < -0.3 is 0 Å². The van der Waals surface area contributed by atoms with Gasteiger partial charge in [0.2, 0.25) is 5.91 Å². The predicted molar refractivity (Wildman–Crippen MR) is 68.5 cm³/mol. The monoisotopic (exact) mass is 262 g/mol. The van der Waals surface area contributed by atoms with Crippen LogP contribution in [0.1, 0.15) is 29.6 Å². The molecule has 0 spiro atoms. The maximum absolute atomic E-state index is 12.7. The third kappa shape index (κ3) is 3.64. The maximum atomic E-state index is 12.7. The second-order valence-electron chi connectivity index (χ2n) is 4.43. The largest absolute Gasteiger partial charge is 0.273 e. The highest BCUT2D eigenvalue weighted by atomic mass is 19.1. The first-order valence-electron chi connectivity index (χ1n) is 6.17. The van der Waals surface area contributed by atoms with Crippen molar-refractivity contribution < 1.29 is 14.0 Å². The minimum Gasteiger partial charge on any atom is -0.273 e. The topological polar surface area (TPSA) is 58.2 Å². The Hall–Kier alpha value is -2.17. The van der Waals surface area contributed by atoms with Crippen LogP contribution in [-0.2, 0) is 4.79 Å². The Morgan fingerprint density at radius 3 is 2.47 bits per heavy atom. The Morgan fingerprint density at radius 2 is 1.84 bits per heavy atom. The zero-order valence-electron chi connectivity index (χ0n) is 10.4. The van der Waals surface area contributed by atoms with Crippen LogP contribution in [0.5, 0.6) is 0 Å². The van der Waals surface area contributed by atoms with E-state index >= 15 is 0 Å². The molecule has 1 aliphatic rings. The smallest absolute Gasteiger partial charge is 0.269 e. The summed E-state index contributed by atoms with van der Waals surface area (Å²) in [4.78, 5) is 23.4. The van der Waals surface area contributed by atoms with Gasteiger partial charge in [-0.1, -0.05) is 12.2 Å². The Labute approximate surface area is 110 Å². The van der Waals surface area contributed by atoms with Crippen molar-refractivity contribution in [2.45, 2.75) is 19.3 Å². The lowest BCUT2D eigenvalue weighted by molar-refractivity contribution is -0.126. The van der Waals surface area contributed by atoms with Crippen molar-refractivity contribution in [3.05, 3.63) is 47.8 Å². The van der Waals surface area contributed by atoms with Gasteiger partial charge in [0.05, 0.1) is 0 Å². The normalized spacial score (nSPS) is 17.8. The highest BCUT2D eigenvalue weighted by molar-refractivity contribution is 5.95. The molecule has 1 aromatic rings. The molecule has 5 heteroatoms. The lowest BCUT2D eigenvalue weighted by atomic mass is 9.94. The fraction of sp³-hybridized carbons (Fsp3) is 0.286. The van der Waals surface area contributed by atoms with Crippen LogP contribution in [0.3, 0.4) is 0 Å². The van der Waals surface area contributed by atoms with Gasteiger partial charge in [-0.2, -0.15) is 0 Å². The molecule has 2 amide bonds. The first-order chi connectivity index (χ1) is 9.16. The van der Waals surface area contributed by atoms with Gasteiger partial charge in [0, 0.05) is 11.5 Å². The summed E-state index contributed by atoms with van der Waals surface area (Å²) in [5, 5.41) is 0. The zero-order valence-corrected chi connectivity index (χ0v) is 10.4. The van der Waals surface area contributed by atoms with Gasteiger partial charge >= 0.3 is 0 Å². The van der Waals surface area contributed by atoms with E-state index in [0.29, 0.717) is 12.0 Å². The van der Waals surface area contributed by atoms with Crippen molar-refractivity contribution in [1.29, 1.82) is 0 Å². The van der Waals surface area contributed by atoms with E-state index in [-0.39, 0.29) is 11.8 Å². The molecule has 0 unspecified atom stereocenters. The molecule has 0 heterocycles. The summed E-state index contributed by atoms with van der Waals surface area (Å²) in [5.41, 5.74) is 5.03. The highest BCUT2D eigenvalue weighted by Crippen LogP contribution is 2.17. The van der Waals surface area contributed by atoms with Crippen LogP contribution in [-0.4, -0.2) is 11.8 Å². The molecule has 0 bridgehead atoms. The Balaban J connectivity index is 1.84. The maximum Gasteiger partial charge on any atom is 0.269 e. The molecule has 0 radical (unpaired) electrons. The van der Waals surface area contributed by atoms with Crippen LogP contribution in [0.2, 0.25) is 0 Å². The summed E-state index contributed by atoms with van der Waals surface area (Å²) in [7, 11) is 0. The number of benzene rings is 1. The molecule has 2 N–H and O–H groups in total. The lowest BCUT2D eigenvalue weighted by Gasteiger charge is -2.17. The summed E-state index contributed by atoms with van der Waals surface area (Å²) in [5.74, 6) is -1.16. The van der Waals surface area contributed by atoms with Gasteiger partial charge in [0.15, 0.2) is 0 Å². The molecule has 100 valence electrons. The number of hydrazine groups is 1. The third-order valence-electron chi connectivity index (χ3n) is 3.05. The van der Waals surface area contributed by atoms with E-state index in [1.165, 1.54) is 24.3 Å². The van der Waals surface area contributed by atoms with Gasteiger partial charge in [-0.05, 0) is 43.5 Å². The van der Waals surface area contributed by atoms with Crippen LogP contribution in [0, 0.1) is 11.7 Å². The van der Waals surface area contributed by atoms with E-state index in [9.17, 15) is 14.0 Å². The molecule has 1 atom stereocenters. The summed E-state index contributed by atoms with van der Waals surface area (Å²) >= 11 is 0. The number of carbonyl (C=O) groups is 2. The molecule has 1 aromatic carbocycles. The number of amides is 2. The average molecular weight is 262 g/mol. The fourth-order valence-corrected chi connectivity index (χ4v) is 1.93. The quantitative estimate of drug-likeness (QED) is 0.632. The van der Waals surface area contributed by atoms with Gasteiger partial charge in [-0.25, -0.2) is 4.39 Å². The van der Waals surface area contributed by atoms with Gasteiger partial charge in [0.25, 0.3) is 5.91 Å². The number of hydrogen-bond acceptors (Lipinski definition) is 2.